The first-order chi connectivity index (χ1) is 6.71. The summed E-state index contributed by atoms with van der Waals surface area (Å²) in [5.41, 5.74) is 7.69. The molecule has 1 atom stereocenters. The fraction of sp³-hybridized carbons (Fsp3) is 0.700. The van der Waals surface area contributed by atoms with Crippen LogP contribution in [0.1, 0.15) is 37.4 Å². The van der Waals surface area contributed by atoms with Crippen LogP contribution in [-0.2, 0) is 6.42 Å². The molecule has 2 aliphatic rings. The molecule has 1 fully saturated rings. The number of fused-ring (bicyclic) bond motifs is 1. The van der Waals surface area contributed by atoms with Gasteiger partial charge in [-0.25, -0.2) is 4.98 Å². The monoisotopic (exact) mass is 255 g/mol. The Kier molecular flexibility index (Phi) is 1.80. The molecular formula is C10H14BrN3. The van der Waals surface area contributed by atoms with Gasteiger partial charge in [0.1, 0.15) is 4.60 Å². The molecule has 1 unspecified atom stereocenters. The van der Waals surface area contributed by atoms with Gasteiger partial charge in [-0.05, 0) is 48.0 Å². The Morgan fingerprint density at radius 2 is 2.36 bits per heavy atom. The number of nitrogens with zero attached hydrogens (tertiary/aromatic N) is 2. The first-order valence-corrected chi connectivity index (χ1v) is 6.00. The van der Waals surface area contributed by atoms with Gasteiger partial charge in [0.15, 0.2) is 0 Å². The van der Waals surface area contributed by atoms with E-state index >= 15 is 0 Å². The van der Waals surface area contributed by atoms with Gasteiger partial charge < -0.3 is 10.3 Å². The van der Waals surface area contributed by atoms with Crippen LogP contribution in [0.3, 0.4) is 0 Å². The summed E-state index contributed by atoms with van der Waals surface area (Å²) in [5, 5.41) is 0. The largest absolute Gasteiger partial charge is 0.329 e. The van der Waals surface area contributed by atoms with E-state index in [1.54, 1.807) is 0 Å². The quantitative estimate of drug-likeness (QED) is 0.835. The van der Waals surface area contributed by atoms with E-state index in [2.05, 4.69) is 25.5 Å². The molecule has 1 aliphatic heterocycles. The molecule has 2 heterocycles. The molecule has 0 spiro atoms. The number of imidazole rings is 1. The van der Waals surface area contributed by atoms with Crippen molar-refractivity contribution >= 4 is 15.9 Å². The summed E-state index contributed by atoms with van der Waals surface area (Å²) in [6.45, 7) is 0. The van der Waals surface area contributed by atoms with Gasteiger partial charge in [0.05, 0.1) is 18.1 Å². The van der Waals surface area contributed by atoms with E-state index in [1.165, 1.54) is 31.4 Å². The molecule has 0 bridgehead atoms. The van der Waals surface area contributed by atoms with Crippen molar-refractivity contribution in [2.45, 2.75) is 43.7 Å². The van der Waals surface area contributed by atoms with Gasteiger partial charge in [-0.3, -0.25) is 0 Å². The lowest BCUT2D eigenvalue weighted by molar-refractivity contribution is 0.326. The van der Waals surface area contributed by atoms with Gasteiger partial charge in [-0.15, -0.1) is 0 Å². The average Bonchev–Trinajstić information content (AvgIpc) is 2.83. The molecule has 1 aliphatic carbocycles. The summed E-state index contributed by atoms with van der Waals surface area (Å²) in [6.07, 6.45) is 7.88. The second kappa shape index (κ2) is 2.83. The molecule has 0 amide bonds. The van der Waals surface area contributed by atoms with E-state index in [0.717, 1.165) is 11.0 Å². The molecule has 4 heteroatoms. The van der Waals surface area contributed by atoms with Crippen LogP contribution in [0.15, 0.2) is 10.9 Å². The van der Waals surface area contributed by atoms with Crippen LogP contribution in [0, 0.1) is 0 Å². The van der Waals surface area contributed by atoms with E-state index in [0.29, 0.717) is 6.04 Å². The number of halogens is 1. The highest BCUT2D eigenvalue weighted by molar-refractivity contribution is 9.10. The Morgan fingerprint density at radius 3 is 3.07 bits per heavy atom. The maximum absolute atomic E-state index is 6.28. The van der Waals surface area contributed by atoms with E-state index in [-0.39, 0.29) is 5.54 Å². The van der Waals surface area contributed by atoms with Crippen molar-refractivity contribution in [1.82, 2.24) is 9.55 Å². The minimum atomic E-state index is 0.0787. The zero-order chi connectivity index (χ0) is 9.76. The van der Waals surface area contributed by atoms with E-state index in [4.69, 9.17) is 5.73 Å². The van der Waals surface area contributed by atoms with Crippen molar-refractivity contribution in [1.29, 1.82) is 0 Å². The smallest absolute Gasteiger partial charge is 0.127 e. The normalized spacial score (nSPS) is 28.6. The topological polar surface area (TPSA) is 43.8 Å². The van der Waals surface area contributed by atoms with Gasteiger partial charge in [0, 0.05) is 5.54 Å². The van der Waals surface area contributed by atoms with Crippen LogP contribution in [0.25, 0.3) is 0 Å². The number of hydrogen-bond donors (Lipinski definition) is 1. The lowest BCUT2D eigenvalue weighted by Crippen LogP contribution is -2.36. The van der Waals surface area contributed by atoms with Gasteiger partial charge in [0.25, 0.3) is 0 Å². The number of rotatable bonds is 1. The fourth-order valence-electron chi connectivity index (χ4n) is 2.51. The summed E-state index contributed by atoms with van der Waals surface area (Å²) >= 11 is 3.49. The lowest BCUT2D eigenvalue weighted by Gasteiger charge is -2.30. The number of hydrogen-bond acceptors (Lipinski definition) is 2. The third-order valence-electron chi connectivity index (χ3n) is 3.56. The van der Waals surface area contributed by atoms with Crippen molar-refractivity contribution < 1.29 is 0 Å². The van der Waals surface area contributed by atoms with Crippen LogP contribution in [-0.4, -0.2) is 15.1 Å². The Hall–Kier alpha value is -0.350. The van der Waals surface area contributed by atoms with Crippen molar-refractivity contribution in [2.75, 3.05) is 0 Å². The summed E-state index contributed by atoms with van der Waals surface area (Å²) in [4.78, 5) is 4.31. The van der Waals surface area contributed by atoms with Crippen molar-refractivity contribution in [3.63, 3.8) is 0 Å². The molecule has 1 aromatic heterocycles. The summed E-state index contributed by atoms with van der Waals surface area (Å²) in [6, 6.07) is 0.491. The van der Waals surface area contributed by atoms with Crippen LogP contribution in [0.2, 0.25) is 0 Å². The predicted octanol–water partition coefficient (Wildman–Crippen LogP) is 2.01. The van der Waals surface area contributed by atoms with E-state index in [1.807, 2.05) is 6.33 Å². The van der Waals surface area contributed by atoms with E-state index in [9.17, 15) is 0 Å². The Morgan fingerprint density at radius 1 is 1.57 bits per heavy atom. The summed E-state index contributed by atoms with van der Waals surface area (Å²) in [7, 11) is 0. The van der Waals surface area contributed by atoms with Gasteiger partial charge in [-0.1, -0.05) is 0 Å². The fourth-order valence-corrected chi connectivity index (χ4v) is 3.00. The molecule has 2 N–H and O–H groups in total. The third kappa shape index (κ3) is 1.17. The zero-order valence-corrected chi connectivity index (χ0v) is 9.63. The number of nitrogens with two attached hydrogens (primary N) is 1. The molecular weight excluding hydrogens is 242 g/mol. The Labute approximate surface area is 91.8 Å². The minimum Gasteiger partial charge on any atom is -0.329 e. The molecule has 0 saturated heterocycles. The highest BCUT2D eigenvalue weighted by Crippen LogP contribution is 2.47. The predicted molar refractivity (Wildman–Crippen MR) is 58.1 cm³/mol. The van der Waals surface area contributed by atoms with Crippen LogP contribution in [0.5, 0.6) is 0 Å². The van der Waals surface area contributed by atoms with Gasteiger partial charge in [-0.2, -0.15) is 0 Å². The number of aromatic nitrogens is 2. The van der Waals surface area contributed by atoms with Crippen molar-refractivity contribution in [2.24, 2.45) is 5.73 Å². The zero-order valence-electron chi connectivity index (χ0n) is 8.04. The molecule has 1 saturated carbocycles. The van der Waals surface area contributed by atoms with Gasteiger partial charge in [0.2, 0.25) is 0 Å². The lowest BCUT2D eigenvalue weighted by atomic mass is 9.95. The van der Waals surface area contributed by atoms with Crippen LogP contribution >= 0.6 is 15.9 Å². The average molecular weight is 256 g/mol. The molecule has 76 valence electrons. The molecule has 3 rings (SSSR count). The highest BCUT2D eigenvalue weighted by atomic mass is 79.9. The third-order valence-corrected chi connectivity index (χ3v) is 4.23. The highest BCUT2D eigenvalue weighted by Gasteiger charge is 2.47. The van der Waals surface area contributed by atoms with Crippen LogP contribution in [0.4, 0.5) is 0 Å². The second-order valence-corrected chi connectivity index (χ2v) is 5.28. The van der Waals surface area contributed by atoms with Crippen LogP contribution < -0.4 is 5.73 Å². The maximum atomic E-state index is 6.28. The van der Waals surface area contributed by atoms with Gasteiger partial charge >= 0.3 is 0 Å². The standard InChI is InChI=1S/C10H14BrN3/c11-9-7-2-1-3-8(10(12)4-5-10)14(7)6-13-9/h6,8H,1-5,12H2. The maximum Gasteiger partial charge on any atom is 0.127 e. The molecule has 3 nitrogen and oxygen atoms in total. The first-order valence-electron chi connectivity index (χ1n) is 5.21. The molecule has 1 aromatic rings. The Bertz CT molecular complexity index is 367. The van der Waals surface area contributed by atoms with Crippen molar-refractivity contribution in [3.8, 4) is 0 Å². The Balaban J connectivity index is 2.03. The molecule has 14 heavy (non-hydrogen) atoms. The summed E-state index contributed by atoms with van der Waals surface area (Å²) in [5.74, 6) is 0. The summed E-state index contributed by atoms with van der Waals surface area (Å²) < 4.78 is 3.30. The second-order valence-electron chi connectivity index (χ2n) is 4.53. The van der Waals surface area contributed by atoms with Crippen molar-refractivity contribution in [3.05, 3.63) is 16.6 Å². The van der Waals surface area contributed by atoms with E-state index < -0.39 is 0 Å². The molecule has 0 aromatic carbocycles. The first kappa shape index (κ1) is 8.92. The SMILES string of the molecule is NC1(C2CCCc3c(Br)ncn32)CC1. The minimum absolute atomic E-state index is 0.0787. The molecule has 0 radical (unpaired) electrons.